The van der Waals surface area contributed by atoms with Gasteiger partial charge in [-0.2, -0.15) is 5.26 Å². The Kier molecular flexibility index (Phi) is 6.68. The van der Waals surface area contributed by atoms with Gasteiger partial charge in [0.1, 0.15) is 23.2 Å². The predicted molar refractivity (Wildman–Crippen MR) is 114 cm³/mol. The minimum Gasteiger partial charge on any atom is -0.462 e. The number of carbonyl (C=O) groups is 2. The first-order chi connectivity index (χ1) is 14.5. The number of amides is 1. The number of nitriles is 1. The molecule has 3 aromatic rings. The van der Waals surface area contributed by atoms with E-state index in [4.69, 9.17) is 20.8 Å². The van der Waals surface area contributed by atoms with Gasteiger partial charge in [-0.15, -0.1) is 0 Å². The van der Waals surface area contributed by atoms with Crippen molar-refractivity contribution in [2.24, 2.45) is 0 Å². The van der Waals surface area contributed by atoms with Crippen LogP contribution in [0, 0.1) is 11.3 Å². The molecule has 2 aromatic carbocycles. The average molecular weight is 421 g/mol. The maximum atomic E-state index is 12.6. The molecule has 0 aliphatic heterocycles. The minimum atomic E-state index is -0.671. The molecule has 0 fully saturated rings. The molecule has 7 heteroatoms. The zero-order valence-electron chi connectivity index (χ0n) is 16.0. The fourth-order valence-corrected chi connectivity index (χ4v) is 2.88. The summed E-state index contributed by atoms with van der Waals surface area (Å²) in [4.78, 5) is 24.7. The number of nitrogens with one attached hydrogen (secondary N) is 1. The van der Waals surface area contributed by atoms with Crippen molar-refractivity contribution in [1.29, 1.82) is 5.26 Å². The monoisotopic (exact) mass is 420 g/mol. The highest BCUT2D eigenvalue weighted by Gasteiger charge is 2.17. The molecule has 150 valence electrons. The summed E-state index contributed by atoms with van der Waals surface area (Å²) in [5.74, 6) is -0.354. The predicted octanol–water partition coefficient (Wildman–Crippen LogP) is 5.32. The number of esters is 1. The van der Waals surface area contributed by atoms with E-state index in [1.807, 2.05) is 12.1 Å². The van der Waals surface area contributed by atoms with E-state index in [1.54, 1.807) is 55.5 Å². The number of ether oxygens (including phenoxy) is 1. The number of carbonyl (C=O) groups excluding carboxylic acids is 2. The van der Waals surface area contributed by atoms with Crippen molar-refractivity contribution in [2.75, 3.05) is 11.9 Å². The van der Waals surface area contributed by atoms with Crippen LogP contribution in [0.4, 0.5) is 5.69 Å². The van der Waals surface area contributed by atoms with Crippen LogP contribution >= 0.6 is 11.6 Å². The Balaban J connectivity index is 1.82. The number of para-hydroxylation sites is 1. The third kappa shape index (κ3) is 4.96. The van der Waals surface area contributed by atoms with Gasteiger partial charge in [0.05, 0.1) is 17.9 Å². The molecular weight excluding hydrogens is 404 g/mol. The Bertz CT molecular complexity index is 1160. The smallest absolute Gasteiger partial charge is 0.340 e. The van der Waals surface area contributed by atoms with E-state index >= 15 is 0 Å². The van der Waals surface area contributed by atoms with Gasteiger partial charge in [0.15, 0.2) is 0 Å². The molecule has 0 unspecified atom stereocenters. The first-order valence-electron chi connectivity index (χ1n) is 9.07. The van der Waals surface area contributed by atoms with E-state index in [0.717, 1.165) is 5.56 Å². The van der Waals surface area contributed by atoms with Crippen molar-refractivity contribution >= 4 is 35.2 Å². The number of hydrogen-bond donors (Lipinski definition) is 1. The number of rotatable bonds is 6. The summed E-state index contributed by atoms with van der Waals surface area (Å²) in [6.07, 6.45) is 1.33. The van der Waals surface area contributed by atoms with Gasteiger partial charge >= 0.3 is 5.97 Å². The molecule has 0 spiro atoms. The van der Waals surface area contributed by atoms with Crippen LogP contribution in [0.1, 0.15) is 23.0 Å². The lowest BCUT2D eigenvalue weighted by atomic mass is 10.1. The normalized spacial score (nSPS) is 10.9. The minimum absolute atomic E-state index is 0.180. The lowest BCUT2D eigenvalue weighted by Gasteiger charge is -2.09. The number of benzene rings is 2. The van der Waals surface area contributed by atoms with Crippen LogP contribution in [-0.2, 0) is 9.53 Å². The second-order valence-corrected chi connectivity index (χ2v) is 6.54. The Labute approximate surface area is 178 Å². The summed E-state index contributed by atoms with van der Waals surface area (Å²) in [6.45, 7) is 1.90. The molecule has 1 aromatic heterocycles. The van der Waals surface area contributed by atoms with Crippen molar-refractivity contribution in [3.63, 3.8) is 0 Å². The quantitative estimate of drug-likeness (QED) is 0.331. The molecule has 1 heterocycles. The van der Waals surface area contributed by atoms with Gasteiger partial charge in [0, 0.05) is 16.7 Å². The van der Waals surface area contributed by atoms with Crippen LogP contribution in [0.25, 0.3) is 17.4 Å². The summed E-state index contributed by atoms with van der Waals surface area (Å²) in [5, 5.41) is 12.6. The van der Waals surface area contributed by atoms with Gasteiger partial charge in [-0.1, -0.05) is 35.9 Å². The molecule has 3 rings (SSSR count). The van der Waals surface area contributed by atoms with Crippen LogP contribution in [0.15, 0.2) is 70.7 Å². The highest BCUT2D eigenvalue weighted by atomic mass is 35.5. The van der Waals surface area contributed by atoms with Crippen molar-refractivity contribution in [1.82, 2.24) is 0 Å². The van der Waals surface area contributed by atoms with Crippen LogP contribution < -0.4 is 5.32 Å². The maximum absolute atomic E-state index is 12.6. The fraction of sp³-hybridized carbons (Fsp3) is 0.0870. The van der Waals surface area contributed by atoms with Gasteiger partial charge < -0.3 is 14.5 Å². The second kappa shape index (κ2) is 9.59. The van der Waals surface area contributed by atoms with Crippen LogP contribution in [0.5, 0.6) is 0 Å². The largest absolute Gasteiger partial charge is 0.462 e. The van der Waals surface area contributed by atoms with Crippen molar-refractivity contribution in [2.45, 2.75) is 6.92 Å². The Hall–Kier alpha value is -3.82. The lowest BCUT2D eigenvalue weighted by molar-refractivity contribution is -0.112. The fourth-order valence-electron chi connectivity index (χ4n) is 2.69. The summed E-state index contributed by atoms with van der Waals surface area (Å²) >= 11 is 6.00. The molecule has 6 nitrogen and oxygen atoms in total. The molecule has 0 saturated carbocycles. The topological polar surface area (TPSA) is 92.3 Å². The van der Waals surface area contributed by atoms with E-state index in [2.05, 4.69) is 5.32 Å². The lowest BCUT2D eigenvalue weighted by Crippen LogP contribution is -2.17. The molecular formula is C23H17ClN2O4. The third-order valence-corrected chi connectivity index (χ3v) is 4.29. The Morgan fingerprint density at radius 2 is 1.97 bits per heavy atom. The summed E-state index contributed by atoms with van der Waals surface area (Å²) in [5.41, 5.74) is 1.04. The highest BCUT2D eigenvalue weighted by molar-refractivity contribution is 6.30. The molecule has 0 bridgehead atoms. The van der Waals surface area contributed by atoms with Gasteiger partial charge in [0.25, 0.3) is 5.91 Å². The second-order valence-electron chi connectivity index (χ2n) is 6.10. The van der Waals surface area contributed by atoms with Crippen LogP contribution in [0.3, 0.4) is 0 Å². The molecule has 0 saturated heterocycles. The first kappa shape index (κ1) is 20.9. The number of halogens is 1. The molecule has 1 amide bonds. The summed E-state index contributed by atoms with van der Waals surface area (Å²) in [6, 6.07) is 18.8. The zero-order chi connectivity index (χ0) is 21.5. The van der Waals surface area contributed by atoms with Gasteiger partial charge in [0.2, 0.25) is 0 Å². The van der Waals surface area contributed by atoms with E-state index < -0.39 is 11.9 Å². The van der Waals surface area contributed by atoms with E-state index in [9.17, 15) is 14.9 Å². The molecule has 0 aliphatic rings. The van der Waals surface area contributed by atoms with Gasteiger partial charge in [-0.05, 0) is 43.3 Å². The first-order valence-corrected chi connectivity index (χ1v) is 9.44. The number of anilines is 1. The van der Waals surface area contributed by atoms with E-state index in [-0.39, 0.29) is 23.4 Å². The molecule has 1 N–H and O–H groups in total. The standard InChI is InChI=1S/C23H17ClN2O4/c1-2-29-23(28)19-8-3-4-9-20(19)26-22(27)16(14-25)13-18-10-11-21(30-18)15-6-5-7-17(24)12-15/h3-13H,2H2,1H3,(H,26,27)/b16-13+. The third-order valence-electron chi connectivity index (χ3n) is 4.06. The molecule has 30 heavy (non-hydrogen) atoms. The van der Waals surface area contributed by atoms with Crippen molar-refractivity contribution in [3.8, 4) is 17.4 Å². The van der Waals surface area contributed by atoms with E-state index in [0.29, 0.717) is 16.5 Å². The van der Waals surface area contributed by atoms with Gasteiger partial charge in [-0.25, -0.2) is 4.79 Å². The van der Waals surface area contributed by atoms with Crippen LogP contribution in [0.2, 0.25) is 5.02 Å². The van der Waals surface area contributed by atoms with Crippen LogP contribution in [-0.4, -0.2) is 18.5 Å². The molecule has 0 aliphatic carbocycles. The number of hydrogen-bond acceptors (Lipinski definition) is 5. The summed E-state index contributed by atoms with van der Waals surface area (Å²) in [7, 11) is 0. The Morgan fingerprint density at radius 3 is 2.70 bits per heavy atom. The summed E-state index contributed by atoms with van der Waals surface area (Å²) < 4.78 is 10.7. The van der Waals surface area contributed by atoms with Crippen molar-refractivity contribution in [3.05, 3.63) is 82.6 Å². The van der Waals surface area contributed by atoms with Crippen molar-refractivity contribution < 1.29 is 18.7 Å². The zero-order valence-corrected chi connectivity index (χ0v) is 16.8. The average Bonchev–Trinajstić information content (AvgIpc) is 3.21. The van der Waals surface area contributed by atoms with E-state index in [1.165, 1.54) is 12.1 Å². The van der Waals surface area contributed by atoms with Gasteiger partial charge in [-0.3, -0.25) is 4.79 Å². The SMILES string of the molecule is CCOC(=O)c1ccccc1NC(=O)/C(C#N)=C/c1ccc(-c2cccc(Cl)c2)o1. The molecule has 0 radical (unpaired) electrons. The number of furan rings is 1. The number of nitrogens with zero attached hydrogens (tertiary/aromatic N) is 1. The molecule has 0 atom stereocenters. The Morgan fingerprint density at radius 1 is 1.17 bits per heavy atom. The maximum Gasteiger partial charge on any atom is 0.340 e. The highest BCUT2D eigenvalue weighted by Crippen LogP contribution is 2.26.